The first-order chi connectivity index (χ1) is 8.61. The number of rotatable bonds is 9. The van der Waals surface area contributed by atoms with E-state index in [1.165, 1.54) is 12.8 Å². The van der Waals surface area contributed by atoms with Crippen LogP contribution in [0.1, 0.15) is 51.4 Å². The van der Waals surface area contributed by atoms with E-state index < -0.39 is 8.32 Å². The van der Waals surface area contributed by atoms with Crippen molar-refractivity contribution in [3.8, 4) is 0 Å². The molecule has 1 fully saturated rings. The number of unbranched alkanes of at least 4 members (excludes halogenated alkanes) is 2. The number of ketones is 1. The molecular weight excluding hydrogens is 244 g/mol. The van der Waals surface area contributed by atoms with Gasteiger partial charge in [-0.1, -0.05) is 25.7 Å². The van der Waals surface area contributed by atoms with Gasteiger partial charge in [-0.25, -0.2) is 0 Å². The molecule has 0 saturated heterocycles. The van der Waals surface area contributed by atoms with Gasteiger partial charge in [0.25, 0.3) is 0 Å². The minimum absolute atomic E-state index is 0.199. The fourth-order valence-electron chi connectivity index (χ4n) is 2.67. The van der Waals surface area contributed by atoms with Crippen molar-refractivity contribution >= 4 is 14.1 Å². The summed E-state index contributed by atoms with van der Waals surface area (Å²) < 4.78 is 5.42. The number of carbonyl (C=O) groups excluding carboxylic acids is 1. The summed E-state index contributed by atoms with van der Waals surface area (Å²) in [5.41, 5.74) is 0. The van der Waals surface area contributed by atoms with E-state index in [0.29, 0.717) is 11.7 Å². The molecular formula is C14H28O3Si. The lowest BCUT2D eigenvalue weighted by Crippen LogP contribution is -2.37. The SMILES string of the molecule is CO[Si](C)(CO)CCCCCC(=O)C1CCCC1. The summed E-state index contributed by atoms with van der Waals surface area (Å²) in [7, 11) is -0.129. The second-order valence-corrected chi connectivity index (χ2v) is 9.94. The fraction of sp³-hybridized carbons (Fsp3) is 0.929. The van der Waals surface area contributed by atoms with Crippen LogP contribution in [0.4, 0.5) is 0 Å². The van der Waals surface area contributed by atoms with Gasteiger partial charge < -0.3 is 9.53 Å². The Balaban J connectivity index is 2.06. The summed E-state index contributed by atoms with van der Waals surface area (Å²) in [4.78, 5) is 11.9. The third-order valence-corrected chi connectivity index (χ3v) is 7.33. The van der Waals surface area contributed by atoms with Crippen LogP contribution in [0.5, 0.6) is 0 Å². The van der Waals surface area contributed by atoms with E-state index in [4.69, 9.17) is 4.43 Å². The van der Waals surface area contributed by atoms with Crippen LogP contribution in [-0.4, -0.2) is 32.5 Å². The van der Waals surface area contributed by atoms with E-state index in [1.54, 1.807) is 7.11 Å². The molecule has 3 nitrogen and oxygen atoms in total. The predicted octanol–water partition coefficient (Wildman–Crippen LogP) is 3.06. The third kappa shape index (κ3) is 5.20. The highest BCUT2D eigenvalue weighted by Crippen LogP contribution is 2.27. The summed E-state index contributed by atoms with van der Waals surface area (Å²) in [5, 5.41) is 9.26. The summed E-state index contributed by atoms with van der Waals surface area (Å²) in [6, 6.07) is 0.998. The van der Waals surface area contributed by atoms with Gasteiger partial charge in [0.15, 0.2) is 0 Å². The van der Waals surface area contributed by atoms with Gasteiger partial charge in [-0.15, -0.1) is 0 Å². The van der Waals surface area contributed by atoms with Crippen LogP contribution in [-0.2, 0) is 9.22 Å². The van der Waals surface area contributed by atoms with Crippen LogP contribution >= 0.6 is 0 Å². The molecule has 0 amide bonds. The molecule has 0 spiro atoms. The highest BCUT2D eigenvalue weighted by molar-refractivity contribution is 6.72. The molecule has 18 heavy (non-hydrogen) atoms. The van der Waals surface area contributed by atoms with E-state index in [9.17, 15) is 9.90 Å². The first kappa shape index (κ1) is 15.9. The van der Waals surface area contributed by atoms with Gasteiger partial charge >= 0.3 is 0 Å². The van der Waals surface area contributed by atoms with E-state index >= 15 is 0 Å². The van der Waals surface area contributed by atoms with Crippen molar-refractivity contribution in [3.63, 3.8) is 0 Å². The van der Waals surface area contributed by atoms with Crippen LogP contribution in [0.2, 0.25) is 12.6 Å². The maximum Gasteiger partial charge on any atom is 0.214 e. The number of aliphatic hydroxyl groups excluding tert-OH is 1. The van der Waals surface area contributed by atoms with E-state index in [2.05, 4.69) is 6.55 Å². The average molecular weight is 272 g/mol. The number of carbonyl (C=O) groups is 1. The van der Waals surface area contributed by atoms with Crippen LogP contribution in [0, 0.1) is 5.92 Å². The Morgan fingerprint density at radius 1 is 1.28 bits per heavy atom. The van der Waals surface area contributed by atoms with Gasteiger partial charge in [-0.3, -0.25) is 4.79 Å². The Morgan fingerprint density at radius 3 is 2.50 bits per heavy atom. The molecule has 4 heteroatoms. The molecule has 1 atom stereocenters. The second kappa shape index (κ2) is 8.07. The molecule has 0 bridgehead atoms. The highest BCUT2D eigenvalue weighted by atomic mass is 28.4. The van der Waals surface area contributed by atoms with Crippen molar-refractivity contribution in [2.75, 3.05) is 13.3 Å². The van der Waals surface area contributed by atoms with Crippen LogP contribution in [0.3, 0.4) is 0 Å². The Labute approximate surface area is 112 Å². The van der Waals surface area contributed by atoms with Gasteiger partial charge in [0.1, 0.15) is 5.78 Å². The lowest BCUT2D eigenvalue weighted by atomic mass is 9.98. The molecule has 1 rings (SSSR count). The Morgan fingerprint density at radius 2 is 1.94 bits per heavy atom. The molecule has 1 aliphatic rings. The van der Waals surface area contributed by atoms with Gasteiger partial charge in [0.05, 0.1) is 6.23 Å². The quantitative estimate of drug-likeness (QED) is 0.518. The molecule has 0 aromatic carbocycles. The van der Waals surface area contributed by atoms with Crippen molar-refractivity contribution in [2.45, 2.75) is 64.0 Å². The molecule has 1 aliphatic carbocycles. The zero-order valence-electron chi connectivity index (χ0n) is 11.9. The smallest absolute Gasteiger partial charge is 0.214 e. The first-order valence-corrected chi connectivity index (χ1v) is 10.1. The molecule has 1 N–H and O–H groups in total. The molecule has 1 saturated carbocycles. The highest BCUT2D eigenvalue weighted by Gasteiger charge is 2.26. The van der Waals surface area contributed by atoms with Crippen LogP contribution < -0.4 is 0 Å². The van der Waals surface area contributed by atoms with Crippen molar-refractivity contribution in [3.05, 3.63) is 0 Å². The van der Waals surface area contributed by atoms with E-state index in [0.717, 1.165) is 44.6 Å². The normalized spacial score (nSPS) is 19.9. The fourth-order valence-corrected chi connectivity index (χ4v) is 4.16. The summed E-state index contributed by atoms with van der Waals surface area (Å²) in [6.45, 7) is 2.07. The molecule has 0 aromatic rings. The minimum Gasteiger partial charge on any atom is -0.418 e. The summed E-state index contributed by atoms with van der Waals surface area (Å²) in [5.74, 6) is 0.863. The molecule has 0 heterocycles. The summed E-state index contributed by atoms with van der Waals surface area (Å²) >= 11 is 0. The lowest BCUT2D eigenvalue weighted by Gasteiger charge is -2.22. The molecule has 0 aliphatic heterocycles. The minimum atomic E-state index is -1.83. The first-order valence-electron chi connectivity index (χ1n) is 7.30. The Bertz CT molecular complexity index is 245. The van der Waals surface area contributed by atoms with Crippen molar-refractivity contribution < 1.29 is 14.3 Å². The zero-order chi connectivity index (χ0) is 13.4. The average Bonchev–Trinajstić information content (AvgIpc) is 2.91. The number of aliphatic hydroxyl groups is 1. The Hall–Kier alpha value is -0.193. The molecule has 106 valence electrons. The molecule has 0 aromatic heterocycles. The van der Waals surface area contributed by atoms with Gasteiger partial charge in [0, 0.05) is 19.4 Å². The number of hydrogen-bond acceptors (Lipinski definition) is 3. The molecule has 1 unspecified atom stereocenters. The van der Waals surface area contributed by atoms with Crippen LogP contribution in [0.15, 0.2) is 0 Å². The second-order valence-electron chi connectivity index (χ2n) is 5.82. The van der Waals surface area contributed by atoms with Gasteiger partial charge in [0.2, 0.25) is 8.32 Å². The predicted molar refractivity (Wildman–Crippen MR) is 76.0 cm³/mol. The largest absolute Gasteiger partial charge is 0.418 e. The van der Waals surface area contributed by atoms with Crippen molar-refractivity contribution in [1.82, 2.24) is 0 Å². The van der Waals surface area contributed by atoms with E-state index in [-0.39, 0.29) is 6.23 Å². The van der Waals surface area contributed by atoms with Crippen LogP contribution in [0.25, 0.3) is 0 Å². The Kier molecular flexibility index (Phi) is 7.11. The lowest BCUT2D eigenvalue weighted by molar-refractivity contribution is -0.122. The maximum atomic E-state index is 11.9. The monoisotopic (exact) mass is 272 g/mol. The number of hydrogen-bond donors (Lipinski definition) is 1. The topological polar surface area (TPSA) is 46.5 Å². The van der Waals surface area contributed by atoms with Gasteiger partial charge in [-0.05, 0) is 31.9 Å². The van der Waals surface area contributed by atoms with Gasteiger partial charge in [-0.2, -0.15) is 0 Å². The van der Waals surface area contributed by atoms with E-state index in [1.807, 2.05) is 0 Å². The van der Waals surface area contributed by atoms with Crippen molar-refractivity contribution in [2.24, 2.45) is 5.92 Å². The standard InChI is InChI=1S/C14H28O3Si/c1-17-18(2,12-15)11-7-3-4-10-14(16)13-8-5-6-9-13/h13,15H,3-12H2,1-2H3. The van der Waals surface area contributed by atoms with Crippen molar-refractivity contribution in [1.29, 1.82) is 0 Å². The third-order valence-electron chi connectivity index (χ3n) is 4.27. The number of Topliss-reactive ketones (excluding diaryl/α,β-unsaturated/α-hetero) is 1. The maximum absolute atomic E-state index is 11.9. The summed E-state index contributed by atoms with van der Waals surface area (Å²) in [6.07, 6.45) is 8.86. The molecule has 0 radical (unpaired) electrons. The zero-order valence-corrected chi connectivity index (χ0v) is 12.9.